The summed E-state index contributed by atoms with van der Waals surface area (Å²) in [6.45, 7) is 0.122. The lowest BCUT2D eigenvalue weighted by molar-refractivity contribution is 0.555. The zero-order valence-corrected chi connectivity index (χ0v) is 10.1. The van der Waals surface area contributed by atoms with Crippen LogP contribution in [0.3, 0.4) is 0 Å². The Morgan fingerprint density at radius 3 is 2.78 bits per heavy atom. The van der Waals surface area contributed by atoms with Crippen LogP contribution in [0.4, 0.5) is 11.4 Å². The molecule has 1 aromatic carbocycles. The van der Waals surface area contributed by atoms with E-state index in [0.29, 0.717) is 22.5 Å². The van der Waals surface area contributed by atoms with Crippen LogP contribution in [0.1, 0.15) is 0 Å². The van der Waals surface area contributed by atoms with Gasteiger partial charge in [-0.3, -0.25) is 4.98 Å². The summed E-state index contributed by atoms with van der Waals surface area (Å²) >= 11 is 0. The molecule has 0 unspecified atom stereocenters. The number of aromatic amines is 1. The van der Waals surface area contributed by atoms with Crippen molar-refractivity contribution in [1.82, 2.24) is 4.98 Å². The monoisotopic (exact) mass is 272 g/mol. The van der Waals surface area contributed by atoms with Gasteiger partial charge in [0.2, 0.25) is 10.0 Å². The summed E-state index contributed by atoms with van der Waals surface area (Å²) in [6, 6.07) is 3.05. The van der Waals surface area contributed by atoms with Crippen LogP contribution < -0.4 is 21.9 Å². The molecule has 0 radical (unpaired) electrons. The minimum atomic E-state index is -3.53. The Labute approximate surface area is 102 Å². The Bertz CT molecular complexity index is 731. The first kappa shape index (κ1) is 12.5. The number of hydrogen-bond donors (Lipinski definition) is 4. The normalized spacial score (nSPS) is 11.8. The molecule has 2 aromatic rings. The van der Waals surface area contributed by atoms with Crippen molar-refractivity contribution < 1.29 is 12.8 Å². The van der Waals surface area contributed by atoms with E-state index in [0.717, 1.165) is 0 Å². The third kappa shape index (κ3) is 2.81. The van der Waals surface area contributed by atoms with E-state index in [-0.39, 0.29) is 12.3 Å². The van der Waals surface area contributed by atoms with E-state index in [9.17, 15) is 13.2 Å². The molecule has 1 aromatic heterocycles. The quantitative estimate of drug-likeness (QED) is 0.547. The van der Waals surface area contributed by atoms with Crippen LogP contribution in [0.5, 0.6) is 0 Å². The summed E-state index contributed by atoms with van der Waals surface area (Å²) in [5.41, 5.74) is 7.40. The SMILES string of the molecule is Nc1cc2oc(=O)[nH]c2cc1NCCS(N)(=O)=O. The fourth-order valence-electron chi connectivity index (χ4n) is 1.49. The second-order valence-electron chi connectivity index (χ2n) is 3.74. The van der Waals surface area contributed by atoms with Crippen LogP contribution in [-0.4, -0.2) is 25.7 Å². The molecule has 0 saturated carbocycles. The van der Waals surface area contributed by atoms with Gasteiger partial charge in [-0.15, -0.1) is 0 Å². The molecule has 0 saturated heterocycles. The van der Waals surface area contributed by atoms with Gasteiger partial charge in [-0.25, -0.2) is 18.4 Å². The number of nitrogens with two attached hydrogens (primary N) is 2. The Hall–Kier alpha value is -2.00. The average molecular weight is 272 g/mol. The van der Waals surface area contributed by atoms with Crippen LogP contribution in [0.25, 0.3) is 11.1 Å². The van der Waals surface area contributed by atoms with Crippen LogP contribution in [0.2, 0.25) is 0 Å². The van der Waals surface area contributed by atoms with Gasteiger partial charge in [0.05, 0.1) is 22.6 Å². The number of hydrogen-bond acceptors (Lipinski definition) is 6. The van der Waals surface area contributed by atoms with E-state index >= 15 is 0 Å². The summed E-state index contributed by atoms with van der Waals surface area (Å²) in [5, 5.41) is 7.69. The molecule has 0 aliphatic heterocycles. The van der Waals surface area contributed by atoms with E-state index in [1.54, 1.807) is 6.07 Å². The van der Waals surface area contributed by atoms with E-state index in [1.165, 1.54) is 6.07 Å². The molecule has 2 rings (SSSR count). The second kappa shape index (κ2) is 4.35. The van der Waals surface area contributed by atoms with Gasteiger partial charge in [-0.1, -0.05) is 0 Å². The number of fused-ring (bicyclic) bond motifs is 1. The number of H-pyrrole nitrogens is 1. The molecule has 0 spiro atoms. The lowest BCUT2D eigenvalue weighted by Crippen LogP contribution is -2.22. The summed E-state index contributed by atoms with van der Waals surface area (Å²) < 4.78 is 26.4. The molecule has 0 amide bonds. The third-order valence-electron chi connectivity index (χ3n) is 2.29. The topological polar surface area (TPSA) is 144 Å². The van der Waals surface area contributed by atoms with Crippen molar-refractivity contribution >= 4 is 32.5 Å². The van der Waals surface area contributed by atoms with Crippen molar-refractivity contribution in [3.63, 3.8) is 0 Å². The standard InChI is InChI=1S/C9H12N4O4S/c10-5-3-8-7(13-9(14)17-8)4-6(5)12-1-2-18(11,15)16/h3-4,12H,1-2,10H2,(H,13,14)(H2,11,15,16). The zero-order chi connectivity index (χ0) is 13.3. The molecule has 18 heavy (non-hydrogen) atoms. The summed E-state index contributed by atoms with van der Waals surface area (Å²) in [5.74, 6) is -0.794. The lowest BCUT2D eigenvalue weighted by atomic mass is 10.2. The number of aromatic nitrogens is 1. The molecule has 0 aliphatic rings. The highest BCUT2D eigenvalue weighted by molar-refractivity contribution is 7.89. The van der Waals surface area contributed by atoms with Gasteiger partial charge in [0.25, 0.3) is 0 Å². The van der Waals surface area contributed by atoms with Crippen LogP contribution in [0, 0.1) is 0 Å². The second-order valence-corrected chi connectivity index (χ2v) is 5.48. The molecule has 0 aliphatic carbocycles. The first-order chi connectivity index (χ1) is 8.35. The van der Waals surface area contributed by atoms with Crippen molar-refractivity contribution in [2.24, 2.45) is 5.14 Å². The average Bonchev–Trinajstić information content (AvgIpc) is 2.55. The highest BCUT2D eigenvalue weighted by Crippen LogP contribution is 2.23. The van der Waals surface area contributed by atoms with Gasteiger partial charge in [-0.05, 0) is 6.07 Å². The first-order valence-corrected chi connectivity index (χ1v) is 6.73. The molecule has 0 fully saturated rings. The van der Waals surface area contributed by atoms with Crippen LogP contribution in [-0.2, 0) is 10.0 Å². The number of rotatable bonds is 4. The maximum absolute atomic E-state index is 11.0. The number of nitrogen functional groups attached to an aromatic ring is 1. The Morgan fingerprint density at radius 2 is 2.11 bits per heavy atom. The number of sulfonamides is 1. The Kier molecular flexibility index (Phi) is 3.01. The highest BCUT2D eigenvalue weighted by atomic mass is 32.2. The van der Waals surface area contributed by atoms with E-state index in [4.69, 9.17) is 15.3 Å². The third-order valence-corrected chi connectivity index (χ3v) is 3.07. The van der Waals surface area contributed by atoms with Crippen molar-refractivity contribution in [1.29, 1.82) is 0 Å². The largest absolute Gasteiger partial charge is 0.417 e. The number of nitrogens with one attached hydrogen (secondary N) is 2. The molecule has 8 nitrogen and oxygen atoms in total. The van der Waals surface area contributed by atoms with Gasteiger partial charge in [0, 0.05) is 12.6 Å². The minimum Gasteiger partial charge on any atom is -0.408 e. The molecular weight excluding hydrogens is 260 g/mol. The summed E-state index contributed by atoms with van der Waals surface area (Å²) in [4.78, 5) is 13.4. The number of anilines is 2. The maximum Gasteiger partial charge on any atom is 0.417 e. The van der Waals surface area contributed by atoms with Gasteiger partial charge in [0.1, 0.15) is 0 Å². The predicted octanol–water partition coefficient (Wildman–Crippen LogP) is -0.596. The van der Waals surface area contributed by atoms with Gasteiger partial charge in [-0.2, -0.15) is 0 Å². The van der Waals surface area contributed by atoms with E-state index < -0.39 is 15.8 Å². The molecule has 0 bridgehead atoms. The van der Waals surface area contributed by atoms with Gasteiger partial charge >= 0.3 is 5.76 Å². The van der Waals surface area contributed by atoms with Crippen molar-refractivity contribution in [3.05, 3.63) is 22.7 Å². The Balaban J connectivity index is 2.22. The molecule has 6 N–H and O–H groups in total. The van der Waals surface area contributed by atoms with Gasteiger partial charge in [0.15, 0.2) is 5.58 Å². The van der Waals surface area contributed by atoms with Crippen molar-refractivity contribution in [3.8, 4) is 0 Å². The fraction of sp³-hybridized carbons (Fsp3) is 0.222. The summed E-state index contributed by atoms with van der Waals surface area (Å²) in [7, 11) is -3.53. The molecule has 1 heterocycles. The number of primary sulfonamides is 1. The van der Waals surface area contributed by atoms with Crippen LogP contribution >= 0.6 is 0 Å². The fourth-order valence-corrected chi connectivity index (χ4v) is 1.88. The van der Waals surface area contributed by atoms with Crippen molar-refractivity contribution in [2.75, 3.05) is 23.3 Å². The first-order valence-electron chi connectivity index (χ1n) is 5.02. The van der Waals surface area contributed by atoms with Crippen molar-refractivity contribution in [2.45, 2.75) is 0 Å². The predicted molar refractivity (Wildman–Crippen MR) is 67.7 cm³/mol. The zero-order valence-electron chi connectivity index (χ0n) is 9.26. The van der Waals surface area contributed by atoms with Gasteiger partial charge < -0.3 is 15.5 Å². The maximum atomic E-state index is 11.0. The molecule has 98 valence electrons. The molecule has 0 atom stereocenters. The lowest BCUT2D eigenvalue weighted by Gasteiger charge is -2.08. The number of benzene rings is 1. The highest BCUT2D eigenvalue weighted by Gasteiger charge is 2.07. The minimum absolute atomic E-state index is 0.122. The Morgan fingerprint density at radius 1 is 1.39 bits per heavy atom. The smallest absolute Gasteiger partial charge is 0.408 e. The van der Waals surface area contributed by atoms with E-state index in [1.807, 2.05) is 0 Å². The number of oxazole rings is 1. The van der Waals surface area contributed by atoms with E-state index in [2.05, 4.69) is 10.3 Å². The molecular formula is C9H12N4O4S. The summed E-state index contributed by atoms with van der Waals surface area (Å²) in [6.07, 6.45) is 0. The van der Waals surface area contributed by atoms with Crippen LogP contribution in [0.15, 0.2) is 21.3 Å². The molecule has 9 heteroatoms.